The summed E-state index contributed by atoms with van der Waals surface area (Å²) in [7, 11) is 1.73. The lowest BCUT2D eigenvalue weighted by Gasteiger charge is -2.14. The van der Waals surface area contributed by atoms with Gasteiger partial charge in [0.25, 0.3) is 0 Å². The molecule has 0 bridgehead atoms. The summed E-state index contributed by atoms with van der Waals surface area (Å²) in [5.74, 6) is 0.980. The Morgan fingerprint density at radius 3 is 2.79 bits per heavy atom. The number of benzene rings is 1. The van der Waals surface area contributed by atoms with Crippen LogP contribution in [0.15, 0.2) is 22.7 Å². The summed E-state index contributed by atoms with van der Waals surface area (Å²) in [4.78, 5) is 0. The van der Waals surface area contributed by atoms with Crippen molar-refractivity contribution in [3.63, 3.8) is 0 Å². The van der Waals surface area contributed by atoms with Gasteiger partial charge >= 0.3 is 0 Å². The second-order valence-electron chi connectivity index (χ2n) is 4.93. The SMILES string of the molecule is COCCCCOc1c(Br)cccc1CNC1CC1. The van der Waals surface area contributed by atoms with Crippen LogP contribution in [0.25, 0.3) is 0 Å². The molecule has 1 aliphatic carbocycles. The normalized spacial score (nSPS) is 14.6. The molecular formula is C15H22BrNO2. The number of hydrogen-bond acceptors (Lipinski definition) is 3. The van der Waals surface area contributed by atoms with Gasteiger partial charge < -0.3 is 14.8 Å². The largest absolute Gasteiger partial charge is 0.492 e. The fourth-order valence-electron chi connectivity index (χ4n) is 1.92. The number of ether oxygens (including phenoxy) is 2. The quantitative estimate of drug-likeness (QED) is 0.704. The van der Waals surface area contributed by atoms with Gasteiger partial charge in [0, 0.05) is 31.9 Å². The first-order valence-corrected chi connectivity index (χ1v) is 7.73. The molecule has 0 aliphatic heterocycles. The van der Waals surface area contributed by atoms with Crippen molar-refractivity contribution in [2.75, 3.05) is 20.3 Å². The van der Waals surface area contributed by atoms with Gasteiger partial charge in [-0.05, 0) is 47.7 Å². The number of para-hydroxylation sites is 1. The molecule has 106 valence electrons. The highest BCUT2D eigenvalue weighted by molar-refractivity contribution is 9.10. The summed E-state index contributed by atoms with van der Waals surface area (Å²) in [6.45, 7) is 2.43. The minimum atomic E-state index is 0.716. The zero-order chi connectivity index (χ0) is 13.5. The molecular weight excluding hydrogens is 306 g/mol. The van der Waals surface area contributed by atoms with Crippen LogP contribution in [0.1, 0.15) is 31.2 Å². The molecule has 1 saturated carbocycles. The monoisotopic (exact) mass is 327 g/mol. The van der Waals surface area contributed by atoms with E-state index in [2.05, 4.69) is 33.4 Å². The molecule has 3 nitrogen and oxygen atoms in total. The summed E-state index contributed by atoms with van der Waals surface area (Å²) in [5, 5.41) is 3.53. The number of methoxy groups -OCH3 is 1. The van der Waals surface area contributed by atoms with E-state index in [1.165, 1.54) is 18.4 Å². The molecule has 1 aromatic carbocycles. The van der Waals surface area contributed by atoms with Gasteiger partial charge in [-0.1, -0.05) is 12.1 Å². The van der Waals surface area contributed by atoms with Crippen LogP contribution in [0.4, 0.5) is 0 Å². The predicted molar refractivity (Wildman–Crippen MR) is 80.6 cm³/mol. The summed E-state index contributed by atoms with van der Waals surface area (Å²) in [6, 6.07) is 6.94. The number of unbranched alkanes of at least 4 members (excludes halogenated alkanes) is 1. The summed E-state index contributed by atoms with van der Waals surface area (Å²) < 4.78 is 12.0. The minimum Gasteiger partial charge on any atom is -0.492 e. The molecule has 1 N–H and O–H groups in total. The van der Waals surface area contributed by atoms with Gasteiger partial charge in [0.05, 0.1) is 11.1 Å². The van der Waals surface area contributed by atoms with Crippen molar-refractivity contribution in [2.24, 2.45) is 0 Å². The molecule has 0 aromatic heterocycles. The van der Waals surface area contributed by atoms with Gasteiger partial charge in [0.2, 0.25) is 0 Å². The standard InChI is InChI=1S/C15H22BrNO2/c1-18-9-2-3-10-19-15-12(5-4-6-14(15)16)11-17-13-7-8-13/h4-6,13,17H,2-3,7-11H2,1H3. The molecule has 4 heteroatoms. The van der Waals surface area contributed by atoms with Gasteiger partial charge in [-0.15, -0.1) is 0 Å². The zero-order valence-electron chi connectivity index (χ0n) is 11.5. The first kappa shape index (κ1) is 14.8. The first-order chi connectivity index (χ1) is 9.31. The molecule has 0 heterocycles. The minimum absolute atomic E-state index is 0.716. The fraction of sp³-hybridized carbons (Fsp3) is 0.600. The number of nitrogens with one attached hydrogen (secondary N) is 1. The van der Waals surface area contributed by atoms with Crippen molar-refractivity contribution in [2.45, 2.75) is 38.3 Å². The molecule has 19 heavy (non-hydrogen) atoms. The maximum absolute atomic E-state index is 5.92. The zero-order valence-corrected chi connectivity index (χ0v) is 13.0. The maximum Gasteiger partial charge on any atom is 0.137 e. The van der Waals surface area contributed by atoms with Gasteiger partial charge in [0.1, 0.15) is 5.75 Å². The molecule has 0 amide bonds. The van der Waals surface area contributed by atoms with Crippen molar-refractivity contribution in [3.8, 4) is 5.75 Å². The maximum atomic E-state index is 5.92. The van der Waals surface area contributed by atoms with Crippen LogP contribution in [-0.4, -0.2) is 26.4 Å². The van der Waals surface area contributed by atoms with E-state index >= 15 is 0 Å². The number of hydrogen-bond donors (Lipinski definition) is 1. The van der Waals surface area contributed by atoms with Gasteiger partial charge in [0.15, 0.2) is 0 Å². The molecule has 1 aliphatic rings. The Balaban J connectivity index is 1.84. The lowest BCUT2D eigenvalue weighted by molar-refractivity contribution is 0.184. The van der Waals surface area contributed by atoms with Crippen molar-refractivity contribution in [1.82, 2.24) is 5.32 Å². The van der Waals surface area contributed by atoms with Crippen LogP contribution in [-0.2, 0) is 11.3 Å². The summed E-state index contributed by atoms with van der Waals surface area (Å²) >= 11 is 3.58. The topological polar surface area (TPSA) is 30.5 Å². The third kappa shape index (κ3) is 5.13. The van der Waals surface area contributed by atoms with Crippen molar-refractivity contribution in [1.29, 1.82) is 0 Å². The Hall–Kier alpha value is -0.580. The highest BCUT2D eigenvalue weighted by atomic mass is 79.9. The predicted octanol–water partition coefficient (Wildman–Crippen LogP) is 3.51. The molecule has 0 spiro atoms. The highest BCUT2D eigenvalue weighted by Gasteiger charge is 2.20. The van der Waals surface area contributed by atoms with Crippen LogP contribution in [0, 0.1) is 0 Å². The van der Waals surface area contributed by atoms with Crippen LogP contribution in [0.2, 0.25) is 0 Å². The lowest BCUT2D eigenvalue weighted by Crippen LogP contribution is -2.16. The Morgan fingerprint density at radius 1 is 1.26 bits per heavy atom. The Labute approximate surface area is 123 Å². The molecule has 1 aromatic rings. The highest BCUT2D eigenvalue weighted by Crippen LogP contribution is 2.30. The second-order valence-corrected chi connectivity index (χ2v) is 5.79. The Bertz CT molecular complexity index is 394. The van der Waals surface area contributed by atoms with Gasteiger partial charge in [-0.25, -0.2) is 0 Å². The second kappa shape index (κ2) is 7.88. The van der Waals surface area contributed by atoms with Crippen LogP contribution >= 0.6 is 15.9 Å². The van der Waals surface area contributed by atoms with Crippen molar-refractivity contribution < 1.29 is 9.47 Å². The number of halogens is 1. The van der Waals surface area contributed by atoms with E-state index in [1.54, 1.807) is 7.11 Å². The van der Waals surface area contributed by atoms with Crippen molar-refractivity contribution >= 4 is 15.9 Å². The van der Waals surface area contributed by atoms with Crippen LogP contribution in [0.5, 0.6) is 5.75 Å². The molecule has 0 radical (unpaired) electrons. The number of rotatable bonds is 9. The van der Waals surface area contributed by atoms with Crippen LogP contribution in [0.3, 0.4) is 0 Å². The molecule has 1 fully saturated rings. The molecule has 0 unspecified atom stereocenters. The van der Waals surface area contributed by atoms with E-state index in [0.717, 1.165) is 42.8 Å². The van der Waals surface area contributed by atoms with Gasteiger partial charge in [-0.3, -0.25) is 0 Å². The van der Waals surface area contributed by atoms with E-state index in [-0.39, 0.29) is 0 Å². The van der Waals surface area contributed by atoms with E-state index < -0.39 is 0 Å². The third-order valence-electron chi connectivity index (χ3n) is 3.20. The summed E-state index contributed by atoms with van der Waals surface area (Å²) in [5.41, 5.74) is 1.23. The smallest absolute Gasteiger partial charge is 0.137 e. The average molecular weight is 328 g/mol. The third-order valence-corrected chi connectivity index (χ3v) is 3.82. The first-order valence-electron chi connectivity index (χ1n) is 6.94. The van der Waals surface area contributed by atoms with E-state index in [0.29, 0.717) is 6.04 Å². The molecule has 0 saturated heterocycles. The molecule has 0 atom stereocenters. The van der Waals surface area contributed by atoms with Crippen LogP contribution < -0.4 is 10.1 Å². The van der Waals surface area contributed by atoms with E-state index in [9.17, 15) is 0 Å². The average Bonchev–Trinajstić information content (AvgIpc) is 3.22. The fourth-order valence-corrected chi connectivity index (χ4v) is 2.44. The van der Waals surface area contributed by atoms with Crippen molar-refractivity contribution in [3.05, 3.63) is 28.2 Å². The van der Waals surface area contributed by atoms with Gasteiger partial charge in [-0.2, -0.15) is 0 Å². The lowest BCUT2D eigenvalue weighted by atomic mass is 10.2. The van der Waals surface area contributed by atoms with E-state index in [4.69, 9.17) is 9.47 Å². The molecule has 2 rings (SSSR count). The summed E-state index contributed by atoms with van der Waals surface area (Å²) in [6.07, 6.45) is 4.67. The van der Waals surface area contributed by atoms with E-state index in [1.807, 2.05) is 6.07 Å². The Morgan fingerprint density at radius 2 is 2.05 bits per heavy atom. The Kier molecular flexibility index (Phi) is 6.14.